The number of thioether (sulfide) groups is 1. The summed E-state index contributed by atoms with van der Waals surface area (Å²) in [5.41, 5.74) is 2.61. The lowest BCUT2D eigenvalue weighted by Gasteiger charge is -2.10. The third-order valence-electron chi connectivity index (χ3n) is 4.28. The molecule has 0 atom stereocenters. The molecule has 8 heteroatoms. The standard InChI is InChI=1S/C12H12N2.C9H17N5S/c1-3-7-13-9-10-14-8-4-2-6-12(14)11(13)5-1;1-5-10-7-12-8(11-6(2)3)14-9(13-7)15-4/h1-8H,9-10H2;6H,5H2,1-4H3,(H2,10,11,12,13,14)/q+2;. The van der Waals surface area contributed by atoms with Gasteiger partial charge < -0.3 is 10.6 Å². The third-order valence-corrected chi connectivity index (χ3v) is 4.82. The number of nitrogens with zero attached hydrogens (tertiary/aromatic N) is 5. The van der Waals surface area contributed by atoms with Crippen molar-refractivity contribution in [2.45, 2.75) is 45.1 Å². The van der Waals surface area contributed by atoms with Crippen molar-refractivity contribution in [3.8, 4) is 11.4 Å². The van der Waals surface area contributed by atoms with Crippen molar-refractivity contribution in [3.63, 3.8) is 0 Å². The number of aromatic nitrogens is 5. The van der Waals surface area contributed by atoms with Gasteiger partial charge in [0.2, 0.25) is 25.0 Å². The molecule has 7 nitrogen and oxygen atoms in total. The van der Waals surface area contributed by atoms with Gasteiger partial charge in [-0.2, -0.15) is 24.1 Å². The number of rotatable bonds is 5. The Kier molecular flexibility index (Phi) is 7.35. The molecule has 3 aromatic heterocycles. The van der Waals surface area contributed by atoms with E-state index in [4.69, 9.17) is 0 Å². The van der Waals surface area contributed by atoms with Crippen molar-refractivity contribution in [1.29, 1.82) is 0 Å². The highest BCUT2D eigenvalue weighted by atomic mass is 32.2. The minimum atomic E-state index is 0.316. The molecule has 0 unspecified atom stereocenters. The number of aryl methyl sites for hydroxylation is 2. The zero-order valence-electron chi connectivity index (χ0n) is 17.5. The zero-order valence-corrected chi connectivity index (χ0v) is 18.3. The average Bonchev–Trinajstić information content (AvgIpc) is 2.73. The van der Waals surface area contributed by atoms with Crippen molar-refractivity contribution in [2.24, 2.45) is 0 Å². The molecular weight excluding hydrogens is 382 g/mol. The van der Waals surface area contributed by atoms with Crippen molar-refractivity contribution in [2.75, 3.05) is 23.4 Å². The lowest BCUT2D eigenvalue weighted by atomic mass is 10.2. The molecule has 0 aromatic carbocycles. The second-order valence-corrected chi connectivity index (χ2v) is 7.63. The van der Waals surface area contributed by atoms with Gasteiger partial charge in [-0.1, -0.05) is 11.8 Å². The second-order valence-electron chi connectivity index (χ2n) is 6.86. The van der Waals surface area contributed by atoms with Crippen LogP contribution >= 0.6 is 11.8 Å². The van der Waals surface area contributed by atoms with Gasteiger partial charge in [0, 0.05) is 36.9 Å². The van der Waals surface area contributed by atoms with E-state index in [9.17, 15) is 0 Å². The molecule has 0 amide bonds. The molecule has 0 bridgehead atoms. The largest absolute Gasteiger partial charge is 0.354 e. The first kappa shape index (κ1) is 21.0. The summed E-state index contributed by atoms with van der Waals surface area (Å²) in [7, 11) is 0. The average molecular weight is 412 g/mol. The first-order valence-corrected chi connectivity index (χ1v) is 11.1. The van der Waals surface area contributed by atoms with Crippen molar-refractivity contribution >= 4 is 23.7 Å². The molecule has 0 fully saturated rings. The first-order valence-electron chi connectivity index (χ1n) is 9.88. The number of nitrogens with one attached hydrogen (secondary N) is 2. The Bertz CT molecular complexity index is 900. The van der Waals surface area contributed by atoms with Crippen molar-refractivity contribution < 1.29 is 9.13 Å². The van der Waals surface area contributed by atoms with Gasteiger partial charge in [0.15, 0.2) is 17.6 Å². The summed E-state index contributed by atoms with van der Waals surface area (Å²) >= 11 is 1.51. The Balaban J connectivity index is 0.000000166. The summed E-state index contributed by atoms with van der Waals surface area (Å²) in [5, 5.41) is 6.97. The SMILES string of the molecule is CCNc1nc(NC(C)C)nc(SC)n1.c1cc[n+]2c(c1)-c1cccc[n+]1CC2. The number of hydrogen-bond donors (Lipinski definition) is 2. The smallest absolute Gasteiger partial charge is 0.277 e. The van der Waals surface area contributed by atoms with Gasteiger partial charge in [-0.25, -0.2) is 0 Å². The molecule has 0 saturated heterocycles. The summed E-state index contributed by atoms with van der Waals surface area (Å²) in [6.07, 6.45) is 6.24. The van der Waals surface area contributed by atoms with E-state index < -0.39 is 0 Å². The fourth-order valence-corrected chi connectivity index (χ4v) is 3.39. The summed E-state index contributed by atoms with van der Waals surface area (Å²) in [4.78, 5) is 12.8. The van der Waals surface area contributed by atoms with Crippen LogP contribution in [-0.4, -0.2) is 33.8 Å². The van der Waals surface area contributed by atoms with Gasteiger partial charge in [-0.05, 0) is 39.2 Å². The van der Waals surface area contributed by atoms with E-state index in [0.29, 0.717) is 17.9 Å². The Morgan fingerprint density at radius 1 is 0.931 bits per heavy atom. The molecule has 1 aliphatic heterocycles. The van der Waals surface area contributed by atoms with Crippen LogP contribution in [0, 0.1) is 0 Å². The fourth-order valence-electron chi connectivity index (χ4n) is 3.03. The molecule has 0 spiro atoms. The maximum atomic E-state index is 4.26. The highest BCUT2D eigenvalue weighted by Gasteiger charge is 2.27. The Morgan fingerprint density at radius 2 is 1.52 bits per heavy atom. The lowest BCUT2D eigenvalue weighted by Crippen LogP contribution is -2.52. The molecule has 3 aromatic rings. The number of fused-ring (bicyclic) bond motifs is 3. The van der Waals surface area contributed by atoms with E-state index in [2.05, 4.69) is 97.4 Å². The van der Waals surface area contributed by atoms with E-state index in [1.165, 1.54) is 23.1 Å². The molecule has 4 rings (SSSR count). The van der Waals surface area contributed by atoms with E-state index in [0.717, 1.165) is 24.8 Å². The summed E-state index contributed by atoms with van der Waals surface area (Å²) < 4.78 is 4.60. The Morgan fingerprint density at radius 3 is 2.03 bits per heavy atom. The van der Waals surface area contributed by atoms with Crippen LogP contribution in [0.5, 0.6) is 0 Å². The molecule has 0 saturated carbocycles. The van der Waals surface area contributed by atoms with Gasteiger partial charge in [-0.3, -0.25) is 0 Å². The molecule has 2 N–H and O–H groups in total. The molecule has 4 heterocycles. The predicted molar refractivity (Wildman–Crippen MR) is 117 cm³/mol. The van der Waals surface area contributed by atoms with Crippen LogP contribution in [0.4, 0.5) is 11.9 Å². The minimum Gasteiger partial charge on any atom is -0.354 e. The molecule has 29 heavy (non-hydrogen) atoms. The minimum absolute atomic E-state index is 0.316. The van der Waals surface area contributed by atoms with Crippen LogP contribution in [0.1, 0.15) is 20.8 Å². The van der Waals surface area contributed by atoms with E-state index in [1.807, 2.05) is 13.2 Å². The molecule has 152 valence electrons. The maximum Gasteiger partial charge on any atom is 0.277 e. The number of anilines is 2. The second kappa shape index (κ2) is 10.2. The van der Waals surface area contributed by atoms with Gasteiger partial charge in [0.1, 0.15) is 0 Å². The van der Waals surface area contributed by atoms with E-state index >= 15 is 0 Å². The van der Waals surface area contributed by atoms with Gasteiger partial charge in [0.05, 0.1) is 0 Å². The van der Waals surface area contributed by atoms with Crippen molar-refractivity contribution in [3.05, 3.63) is 48.8 Å². The monoisotopic (exact) mass is 411 g/mol. The first-order chi connectivity index (χ1) is 14.1. The van der Waals surface area contributed by atoms with Crippen LogP contribution in [0.3, 0.4) is 0 Å². The van der Waals surface area contributed by atoms with Crippen LogP contribution in [0.25, 0.3) is 11.4 Å². The van der Waals surface area contributed by atoms with Gasteiger partial charge >= 0.3 is 0 Å². The topological polar surface area (TPSA) is 70.5 Å². The van der Waals surface area contributed by atoms with Crippen LogP contribution < -0.4 is 19.8 Å². The van der Waals surface area contributed by atoms with E-state index in [1.54, 1.807) is 0 Å². The van der Waals surface area contributed by atoms with Crippen LogP contribution in [0.15, 0.2) is 53.9 Å². The zero-order chi connectivity index (χ0) is 20.6. The Labute approximate surface area is 176 Å². The molecular formula is C21H29N7S+2. The summed E-state index contributed by atoms with van der Waals surface area (Å²) in [6.45, 7) is 9.05. The van der Waals surface area contributed by atoms with Gasteiger partial charge in [-0.15, -0.1) is 0 Å². The fraction of sp³-hybridized carbons (Fsp3) is 0.381. The number of hydrogen-bond acceptors (Lipinski definition) is 6. The molecule has 1 aliphatic rings. The highest BCUT2D eigenvalue weighted by molar-refractivity contribution is 7.98. The summed E-state index contributed by atoms with van der Waals surface area (Å²) in [5.74, 6) is 1.25. The summed E-state index contributed by atoms with van der Waals surface area (Å²) in [6, 6.07) is 13.0. The lowest BCUT2D eigenvalue weighted by molar-refractivity contribution is -0.794. The quantitative estimate of drug-likeness (QED) is 0.497. The highest BCUT2D eigenvalue weighted by Crippen LogP contribution is 2.14. The van der Waals surface area contributed by atoms with E-state index in [-0.39, 0.29) is 0 Å². The van der Waals surface area contributed by atoms with Gasteiger partial charge in [0.25, 0.3) is 11.4 Å². The normalized spacial score (nSPS) is 11.8. The van der Waals surface area contributed by atoms with Crippen LogP contribution in [-0.2, 0) is 13.1 Å². The number of pyridine rings is 2. The maximum absolute atomic E-state index is 4.26. The van der Waals surface area contributed by atoms with Crippen LogP contribution in [0.2, 0.25) is 0 Å². The predicted octanol–water partition coefficient (Wildman–Crippen LogP) is 2.79. The Hall–Kier alpha value is -2.74. The molecule has 0 radical (unpaired) electrons. The molecule has 0 aliphatic carbocycles. The third kappa shape index (κ3) is 5.63. The van der Waals surface area contributed by atoms with Crippen molar-refractivity contribution in [1.82, 2.24) is 15.0 Å².